The molecule has 0 aliphatic heterocycles. The molecule has 5 aromatic carbocycles. The van der Waals surface area contributed by atoms with E-state index in [1.807, 2.05) is 29.3 Å². The summed E-state index contributed by atoms with van der Waals surface area (Å²) in [5.41, 5.74) is 5.33. The summed E-state index contributed by atoms with van der Waals surface area (Å²) < 4.78 is 2.68. The molecular weight excluding hydrogens is 499 g/mol. The Labute approximate surface area is 229 Å². The van der Waals surface area contributed by atoms with Crippen LogP contribution in [0.4, 0.5) is 0 Å². The second kappa shape index (κ2) is 8.83. The molecule has 0 fully saturated rings. The number of pyridine rings is 1. The van der Waals surface area contributed by atoms with Crippen LogP contribution < -0.4 is 0 Å². The Bertz CT molecular complexity index is 2010. The van der Waals surface area contributed by atoms with Crippen LogP contribution in [0.2, 0.25) is 0 Å². The van der Waals surface area contributed by atoms with E-state index in [9.17, 15) is 0 Å². The summed E-state index contributed by atoms with van der Waals surface area (Å²) in [6.07, 6.45) is 10.7. The fourth-order valence-electron chi connectivity index (χ4n) is 5.93. The molecule has 0 saturated carbocycles. The number of hydrogen-bond donors (Lipinski definition) is 0. The van der Waals surface area contributed by atoms with E-state index in [1.54, 1.807) is 0 Å². The Kier molecular flexibility index (Phi) is 5.14. The van der Waals surface area contributed by atoms with Crippen molar-refractivity contribution >= 4 is 70.9 Å². The van der Waals surface area contributed by atoms with Gasteiger partial charge in [-0.2, -0.15) is 0 Å². The standard InChI is InChI=1S/C35H23NS2/c1-2-9-23-20-24(17-16-22(23)8-1)33-25-10-3-4-11-26(25)35(27-18-19-36-21-29(27)33)38-32-15-7-14-31-34(32)28-12-5-6-13-30(28)37-31/h1,3-8,10-21H,2,9H2. The van der Waals surface area contributed by atoms with Gasteiger partial charge in [-0.3, -0.25) is 4.98 Å². The van der Waals surface area contributed by atoms with Gasteiger partial charge in [0.05, 0.1) is 0 Å². The summed E-state index contributed by atoms with van der Waals surface area (Å²) in [6, 6.07) is 33.5. The molecule has 3 heteroatoms. The van der Waals surface area contributed by atoms with Crippen molar-refractivity contribution in [2.24, 2.45) is 0 Å². The Morgan fingerprint density at radius 2 is 1.53 bits per heavy atom. The predicted octanol–water partition coefficient (Wildman–Crippen LogP) is 10.5. The van der Waals surface area contributed by atoms with Gasteiger partial charge >= 0.3 is 0 Å². The van der Waals surface area contributed by atoms with E-state index >= 15 is 0 Å². The van der Waals surface area contributed by atoms with Crippen LogP contribution in [0.15, 0.2) is 119 Å². The molecule has 0 radical (unpaired) electrons. The minimum atomic E-state index is 1.10. The molecule has 0 unspecified atom stereocenters. The fraction of sp³-hybridized carbons (Fsp3) is 0.0571. The molecule has 1 aliphatic carbocycles. The zero-order valence-electron chi connectivity index (χ0n) is 20.6. The van der Waals surface area contributed by atoms with E-state index in [4.69, 9.17) is 0 Å². The summed E-state index contributed by atoms with van der Waals surface area (Å²) in [5, 5.41) is 7.74. The van der Waals surface area contributed by atoms with Crippen LogP contribution in [0.5, 0.6) is 0 Å². The van der Waals surface area contributed by atoms with Crippen LogP contribution in [0, 0.1) is 0 Å². The molecule has 1 nitrogen and oxygen atoms in total. The van der Waals surface area contributed by atoms with Crippen molar-refractivity contribution in [3.8, 4) is 11.1 Å². The van der Waals surface area contributed by atoms with E-state index in [0.717, 1.165) is 12.8 Å². The lowest BCUT2D eigenvalue weighted by Crippen LogP contribution is -1.96. The van der Waals surface area contributed by atoms with E-state index in [0.29, 0.717) is 0 Å². The quantitative estimate of drug-likeness (QED) is 0.215. The molecule has 38 heavy (non-hydrogen) atoms. The van der Waals surface area contributed by atoms with Gasteiger partial charge in [-0.1, -0.05) is 90.6 Å². The van der Waals surface area contributed by atoms with Crippen LogP contribution in [0.25, 0.3) is 58.9 Å². The topological polar surface area (TPSA) is 12.9 Å². The molecule has 8 rings (SSSR count). The van der Waals surface area contributed by atoms with E-state index < -0.39 is 0 Å². The number of thiophene rings is 1. The third-order valence-corrected chi connectivity index (χ3v) is 10.0. The number of aryl methyl sites for hydroxylation is 1. The van der Waals surface area contributed by atoms with Crippen molar-refractivity contribution in [3.63, 3.8) is 0 Å². The Morgan fingerprint density at radius 3 is 2.47 bits per heavy atom. The Balaban J connectivity index is 1.41. The summed E-state index contributed by atoms with van der Waals surface area (Å²) >= 11 is 3.77. The van der Waals surface area contributed by atoms with Gasteiger partial charge in [0.2, 0.25) is 0 Å². The van der Waals surface area contributed by atoms with Crippen molar-refractivity contribution in [2.75, 3.05) is 0 Å². The highest BCUT2D eigenvalue weighted by Gasteiger charge is 2.19. The number of benzene rings is 5. The second-order valence-corrected chi connectivity index (χ2v) is 12.0. The first-order valence-corrected chi connectivity index (χ1v) is 14.6. The smallest absolute Gasteiger partial charge is 0.0366 e. The number of allylic oxidation sites excluding steroid dienone is 1. The maximum atomic E-state index is 4.61. The average molecular weight is 522 g/mol. The first-order chi connectivity index (χ1) is 18.8. The van der Waals surface area contributed by atoms with Crippen molar-refractivity contribution in [3.05, 3.63) is 121 Å². The van der Waals surface area contributed by atoms with Gasteiger partial charge in [0.25, 0.3) is 0 Å². The van der Waals surface area contributed by atoms with Gasteiger partial charge < -0.3 is 0 Å². The summed E-state index contributed by atoms with van der Waals surface area (Å²) in [4.78, 5) is 7.20. The molecule has 0 amide bonds. The highest BCUT2D eigenvalue weighted by molar-refractivity contribution is 8.00. The zero-order valence-corrected chi connectivity index (χ0v) is 22.3. The maximum Gasteiger partial charge on any atom is 0.0366 e. The maximum absolute atomic E-state index is 4.61. The number of fused-ring (bicyclic) bond motifs is 6. The Morgan fingerprint density at radius 1 is 0.711 bits per heavy atom. The second-order valence-electron chi connectivity index (χ2n) is 9.86. The fourth-order valence-corrected chi connectivity index (χ4v) is 8.39. The zero-order chi connectivity index (χ0) is 25.1. The molecule has 0 spiro atoms. The van der Waals surface area contributed by atoms with E-state index in [-0.39, 0.29) is 0 Å². The molecule has 2 aromatic heterocycles. The van der Waals surface area contributed by atoms with Crippen molar-refractivity contribution in [2.45, 2.75) is 22.6 Å². The lowest BCUT2D eigenvalue weighted by Gasteiger charge is -2.18. The summed E-state index contributed by atoms with van der Waals surface area (Å²) in [7, 11) is 0. The van der Waals surface area contributed by atoms with Crippen LogP contribution in [0.3, 0.4) is 0 Å². The first kappa shape index (κ1) is 22.1. The molecule has 180 valence electrons. The number of hydrogen-bond acceptors (Lipinski definition) is 3. The number of rotatable bonds is 3. The molecule has 1 aliphatic rings. The third kappa shape index (κ3) is 3.43. The lowest BCUT2D eigenvalue weighted by molar-refractivity contribution is 0.986. The lowest BCUT2D eigenvalue weighted by atomic mass is 9.89. The van der Waals surface area contributed by atoms with Crippen molar-refractivity contribution in [1.29, 1.82) is 0 Å². The van der Waals surface area contributed by atoms with Gasteiger partial charge in [-0.25, -0.2) is 0 Å². The minimum Gasteiger partial charge on any atom is -0.264 e. The predicted molar refractivity (Wildman–Crippen MR) is 165 cm³/mol. The highest BCUT2D eigenvalue weighted by Crippen LogP contribution is 2.48. The van der Waals surface area contributed by atoms with Gasteiger partial charge in [-0.05, 0) is 75.5 Å². The normalized spacial score (nSPS) is 13.1. The summed E-state index contributed by atoms with van der Waals surface area (Å²) in [6.45, 7) is 0. The van der Waals surface area contributed by atoms with Gasteiger partial charge in [0.15, 0.2) is 0 Å². The monoisotopic (exact) mass is 521 g/mol. The first-order valence-electron chi connectivity index (χ1n) is 13.0. The van der Waals surface area contributed by atoms with E-state index in [2.05, 4.69) is 114 Å². The molecule has 0 saturated heterocycles. The largest absolute Gasteiger partial charge is 0.264 e. The van der Waals surface area contributed by atoms with Gasteiger partial charge in [-0.15, -0.1) is 11.3 Å². The van der Waals surface area contributed by atoms with Crippen molar-refractivity contribution in [1.82, 2.24) is 4.98 Å². The molecule has 2 heterocycles. The van der Waals surface area contributed by atoms with Crippen LogP contribution in [-0.4, -0.2) is 4.98 Å². The molecule has 7 aromatic rings. The van der Waals surface area contributed by atoms with Crippen LogP contribution in [-0.2, 0) is 6.42 Å². The van der Waals surface area contributed by atoms with Gasteiger partial charge in [0.1, 0.15) is 0 Å². The molecular formula is C35H23NS2. The number of nitrogens with zero attached hydrogens (tertiary/aromatic N) is 1. The molecule has 0 atom stereocenters. The highest BCUT2D eigenvalue weighted by atomic mass is 32.2. The van der Waals surface area contributed by atoms with Crippen LogP contribution >= 0.6 is 23.1 Å². The minimum absolute atomic E-state index is 1.10. The van der Waals surface area contributed by atoms with E-state index in [1.165, 1.54) is 73.8 Å². The molecule has 0 bridgehead atoms. The number of aromatic nitrogens is 1. The summed E-state index contributed by atoms with van der Waals surface area (Å²) in [5.74, 6) is 0. The SMILES string of the molecule is C1=Cc2ccc(-c3c4ccccc4c(Sc4cccc5sc6ccccc6c45)c4ccncc34)cc2CC1. The average Bonchev–Trinajstić information content (AvgIpc) is 3.36. The third-order valence-electron chi connectivity index (χ3n) is 7.66. The molecule has 0 N–H and O–H groups in total. The Hall–Kier alpha value is -3.92. The van der Waals surface area contributed by atoms with Crippen LogP contribution in [0.1, 0.15) is 17.5 Å². The van der Waals surface area contributed by atoms with Crippen molar-refractivity contribution < 1.29 is 0 Å². The van der Waals surface area contributed by atoms with Gasteiger partial charge in [0, 0.05) is 47.7 Å².